The predicted molar refractivity (Wildman–Crippen MR) is 128 cm³/mol. The number of benzene rings is 2. The quantitative estimate of drug-likeness (QED) is 0.446. The highest BCUT2D eigenvalue weighted by atomic mass is 19.1. The van der Waals surface area contributed by atoms with E-state index in [1.807, 2.05) is 29.2 Å². The Hall–Kier alpha value is -3.48. The third kappa shape index (κ3) is 6.03. The Kier molecular flexibility index (Phi) is 8.14. The summed E-state index contributed by atoms with van der Waals surface area (Å²) in [5.74, 6) is 0.300. The molecule has 1 amide bonds. The zero-order valence-electron chi connectivity index (χ0n) is 18.1. The molecule has 0 spiro atoms. The standard InChI is InChI=1S/C25H30FN5O/c26-23-3-1-2-18(12-23)4-7-25(32)31-10-8-19(9-11-31)17-30-24-6-5-20(13-21(24)14-27)22(15-28)16-29/h1-3,5-6,12-16,19,27-28,30H,4,7-11,17,29H2/b22-16+,27-14?,28-15?. The molecule has 1 fully saturated rings. The van der Waals surface area contributed by atoms with Gasteiger partial charge in [-0.15, -0.1) is 0 Å². The van der Waals surface area contributed by atoms with Gasteiger partial charge >= 0.3 is 0 Å². The second kappa shape index (κ2) is 11.2. The van der Waals surface area contributed by atoms with Gasteiger partial charge in [0.05, 0.1) is 0 Å². The summed E-state index contributed by atoms with van der Waals surface area (Å²) in [5, 5.41) is 18.6. The molecule has 1 aliphatic heterocycles. The van der Waals surface area contributed by atoms with Crippen LogP contribution in [-0.4, -0.2) is 42.9 Å². The molecular formula is C25H30FN5O. The molecule has 3 rings (SSSR count). The first-order chi connectivity index (χ1) is 15.5. The maximum atomic E-state index is 13.3. The average Bonchev–Trinajstić information content (AvgIpc) is 2.82. The van der Waals surface area contributed by atoms with Crippen molar-refractivity contribution in [2.45, 2.75) is 25.7 Å². The van der Waals surface area contributed by atoms with E-state index in [0.717, 1.165) is 54.9 Å². The minimum atomic E-state index is -0.268. The summed E-state index contributed by atoms with van der Waals surface area (Å²) in [4.78, 5) is 14.4. The van der Waals surface area contributed by atoms with E-state index >= 15 is 0 Å². The number of carbonyl (C=O) groups is 1. The van der Waals surface area contributed by atoms with Crippen molar-refractivity contribution in [2.24, 2.45) is 11.7 Å². The van der Waals surface area contributed by atoms with Crippen LogP contribution < -0.4 is 11.1 Å². The first kappa shape index (κ1) is 23.2. The summed E-state index contributed by atoms with van der Waals surface area (Å²) >= 11 is 0. The van der Waals surface area contributed by atoms with Gasteiger partial charge in [0.15, 0.2) is 0 Å². The first-order valence-electron chi connectivity index (χ1n) is 10.9. The molecule has 2 aromatic carbocycles. The monoisotopic (exact) mass is 435 g/mol. The maximum Gasteiger partial charge on any atom is 0.222 e. The van der Waals surface area contributed by atoms with Gasteiger partial charge in [0.25, 0.3) is 0 Å². The normalized spacial score (nSPS) is 14.8. The number of carbonyl (C=O) groups excluding carboxylic acids is 1. The number of aryl methyl sites for hydroxylation is 1. The highest BCUT2D eigenvalue weighted by molar-refractivity contribution is 6.08. The number of nitrogens with two attached hydrogens (primary N) is 1. The van der Waals surface area contributed by atoms with E-state index in [1.54, 1.807) is 6.07 Å². The number of halogens is 1. The van der Waals surface area contributed by atoms with Gasteiger partial charge in [0.2, 0.25) is 5.91 Å². The molecule has 32 heavy (non-hydrogen) atoms. The Labute approximate surface area is 188 Å². The van der Waals surface area contributed by atoms with Crippen LogP contribution in [0.5, 0.6) is 0 Å². The van der Waals surface area contributed by atoms with E-state index in [4.69, 9.17) is 16.6 Å². The lowest BCUT2D eigenvalue weighted by Gasteiger charge is -2.32. The fourth-order valence-electron chi connectivity index (χ4n) is 3.99. The van der Waals surface area contributed by atoms with Gasteiger partial charge in [-0.05, 0) is 60.6 Å². The zero-order valence-corrected chi connectivity index (χ0v) is 18.1. The molecule has 0 unspecified atom stereocenters. The minimum absolute atomic E-state index is 0.123. The zero-order chi connectivity index (χ0) is 22.9. The number of hydrogen-bond donors (Lipinski definition) is 4. The lowest BCUT2D eigenvalue weighted by atomic mass is 9.95. The highest BCUT2D eigenvalue weighted by Gasteiger charge is 2.22. The molecule has 168 valence electrons. The van der Waals surface area contributed by atoms with Gasteiger partial charge in [-0.3, -0.25) is 4.79 Å². The van der Waals surface area contributed by atoms with E-state index in [1.165, 1.54) is 30.8 Å². The molecule has 6 nitrogen and oxygen atoms in total. The van der Waals surface area contributed by atoms with Gasteiger partial charge in [-0.2, -0.15) is 0 Å². The van der Waals surface area contributed by atoms with E-state index in [2.05, 4.69) is 5.32 Å². The van der Waals surface area contributed by atoms with Crippen LogP contribution in [0.1, 0.15) is 36.0 Å². The summed E-state index contributed by atoms with van der Waals surface area (Å²) in [6.45, 7) is 2.24. The van der Waals surface area contributed by atoms with Crippen LogP contribution in [0.2, 0.25) is 0 Å². The molecule has 1 aliphatic rings. The number of hydrogen-bond acceptors (Lipinski definition) is 5. The molecule has 1 heterocycles. The number of nitrogens with zero attached hydrogens (tertiary/aromatic N) is 1. The number of anilines is 1. The van der Waals surface area contributed by atoms with Crippen molar-refractivity contribution < 1.29 is 9.18 Å². The van der Waals surface area contributed by atoms with Crippen LogP contribution >= 0.6 is 0 Å². The topological polar surface area (TPSA) is 106 Å². The Balaban J connectivity index is 1.47. The van der Waals surface area contributed by atoms with Gasteiger partial charge in [-0.1, -0.05) is 18.2 Å². The second-order valence-corrected chi connectivity index (χ2v) is 8.05. The number of piperidine rings is 1. The van der Waals surface area contributed by atoms with Crippen LogP contribution in [-0.2, 0) is 11.2 Å². The van der Waals surface area contributed by atoms with E-state index in [-0.39, 0.29) is 11.7 Å². The van der Waals surface area contributed by atoms with Crippen LogP contribution in [0.25, 0.3) is 5.57 Å². The molecule has 0 aliphatic carbocycles. The van der Waals surface area contributed by atoms with Gasteiger partial charge in [0.1, 0.15) is 5.82 Å². The summed E-state index contributed by atoms with van der Waals surface area (Å²) in [6.07, 6.45) is 6.68. The van der Waals surface area contributed by atoms with Crippen molar-refractivity contribution >= 4 is 29.6 Å². The Morgan fingerprint density at radius 3 is 2.62 bits per heavy atom. The van der Waals surface area contributed by atoms with Crippen molar-refractivity contribution in [2.75, 3.05) is 25.0 Å². The van der Waals surface area contributed by atoms with E-state index in [0.29, 0.717) is 24.3 Å². The Morgan fingerprint density at radius 2 is 1.97 bits per heavy atom. The molecule has 7 heteroatoms. The van der Waals surface area contributed by atoms with Gasteiger partial charge in [-0.25, -0.2) is 4.39 Å². The van der Waals surface area contributed by atoms with Gasteiger partial charge in [0, 0.05) is 61.5 Å². The second-order valence-electron chi connectivity index (χ2n) is 8.05. The highest BCUT2D eigenvalue weighted by Crippen LogP contribution is 2.23. The molecule has 5 N–H and O–H groups in total. The lowest BCUT2D eigenvalue weighted by molar-refractivity contribution is -0.132. The lowest BCUT2D eigenvalue weighted by Crippen LogP contribution is -2.40. The van der Waals surface area contributed by atoms with Crippen molar-refractivity contribution in [1.82, 2.24) is 4.90 Å². The van der Waals surface area contributed by atoms with Crippen LogP contribution in [0.4, 0.5) is 10.1 Å². The summed E-state index contributed by atoms with van der Waals surface area (Å²) in [6, 6.07) is 12.1. The van der Waals surface area contributed by atoms with Gasteiger partial charge < -0.3 is 26.8 Å². The van der Waals surface area contributed by atoms with Crippen LogP contribution in [0.3, 0.4) is 0 Å². The molecular weight excluding hydrogens is 405 g/mol. The third-order valence-electron chi connectivity index (χ3n) is 5.94. The molecule has 0 radical (unpaired) electrons. The maximum absolute atomic E-state index is 13.3. The number of amides is 1. The average molecular weight is 436 g/mol. The molecule has 1 saturated heterocycles. The molecule has 0 saturated carbocycles. The van der Waals surface area contributed by atoms with Crippen LogP contribution in [0.15, 0.2) is 48.7 Å². The summed E-state index contributed by atoms with van der Waals surface area (Å²) in [5.41, 5.74) is 9.43. The van der Waals surface area contributed by atoms with Crippen LogP contribution in [0, 0.1) is 22.6 Å². The molecule has 0 atom stereocenters. The largest absolute Gasteiger partial charge is 0.404 e. The first-order valence-corrected chi connectivity index (χ1v) is 10.9. The summed E-state index contributed by atoms with van der Waals surface area (Å²) in [7, 11) is 0. The van der Waals surface area contributed by atoms with Crippen molar-refractivity contribution in [1.29, 1.82) is 10.8 Å². The smallest absolute Gasteiger partial charge is 0.222 e. The van der Waals surface area contributed by atoms with E-state index < -0.39 is 0 Å². The van der Waals surface area contributed by atoms with E-state index in [9.17, 15) is 9.18 Å². The fourth-order valence-corrected chi connectivity index (χ4v) is 3.99. The Bertz CT molecular complexity index is 996. The number of rotatable bonds is 9. The molecule has 0 bridgehead atoms. The Morgan fingerprint density at radius 1 is 1.19 bits per heavy atom. The molecule has 0 aromatic heterocycles. The SMILES string of the molecule is N=C/C(=C\N)c1ccc(NCC2CCN(C(=O)CCc3cccc(F)c3)CC2)c(C=N)c1. The summed E-state index contributed by atoms with van der Waals surface area (Å²) < 4.78 is 13.3. The van der Waals surface area contributed by atoms with Crippen molar-refractivity contribution in [3.8, 4) is 0 Å². The van der Waals surface area contributed by atoms with Crippen molar-refractivity contribution in [3.05, 3.63) is 71.2 Å². The van der Waals surface area contributed by atoms with Crippen molar-refractivity contribution in [3.63, 3.8) is 0 Å². The predicted octanol–water partition coefficient (Wildman–Crippen LogP) is 4.06. The number of nitrogens with one attached hydrogen (secondary N) is 3. The number of likely N-dealkylation sites (tertiary alicyclic amines) is 1. The molecule has 2 aromatic rings. The fraction of sp³-hybridized carbons (Fsp3) is 0.320. The number of allylic oxidation sites excluding steroid dienone is 1. The third-order valence-corrected chi connectivity index (χ3v) is 5.94. The minimum Gasteiger partial charge on any atom is -0.404 e.